The van der Waals surface area contributed by atoms with Gasteiger partial charge < -0.3 is 19.1 Å². The zero-order chi connectivity index (χ0) is 59.7. The first-order valence-electron chi connectivity index (χ1n) is 30.3. The van der Waals surface area contributed by atoms with Crippen LogP contribution in [-0.4, -0.2) is 9.55 Å². The summed E-state index contributed by atoms with van der Waals surface area (Å²) in [6.45, 7) is 34.4. The molecule has 6 heteroatoms. The maximum atomic E-state index is 7.37. The summed E-state index contributed by atoms with van der Waals surface area (Å²) < 4.78 is 9.64. The van der Waals surface area contributed by atoms with E-state index in [0.29, 0.717) is 23.3 Å². The molecule has 0 bridgehead atoms. The van der Waals surface area contributed by atoms with Crippen LogP contribution in [0.2, 0.25) is 0 Å². The number of aromatic nitrogens is 2. The molecule has 0 saturated carbocycles. The Kier molecular flexibility index (Phi) is 16.0. The summed E-state index contributed by atoms with van der Waals surface area (Å²) in [5.41, 5.74) is 19.6. The summed E-state index contributed by atoms with van der Waals surface area (Å²) >= 11 is 0. The van der Waals surface area contributed by atoms with Crippen LogP contribution < -0.4 is 14.5 Å². The number of fused-ring (bicyclic) bond motifs is 4. The molecule has 1 aliphatic heterocycles. The van der Waals surface area contributed by atoms with E-state index in [2.05, 4.69) is 330 Å². The minimum atomic E-state index is -0.439. The minimum Gasteiger partial charge on any atom is -0.509 e. The average molecular weight is 1310 g/mol. The number of hydrogen-bond donors (Lipinski definition) is 0. The van der Waals surface area contributed by atoms with Crippen molar-refractivity contribution in [2.45, 2.75) is 130 Å². The van der Waals surface area contributed by atoms with Crippen LogP contribution in [0.15, 0.2) is 206 Å². The van der Waals surface area contributed by atoms with Crippen molar-refractivity contribution in [3.63, 3.8) is 0 Å². The van der Waals surface area contributed by atoms with Gasteiger partial charge >= 0.3 is 0 Å². The van der Waals surface area contributed by atoms with Crippen molar-refractivity contribution in [1.82, 2.24) is 9.55 Å². The monoisotopic (exact) mass is 1310 g/mol. The predicted octanol–water partition coefficient (Wildman–Crippen LogP) is 21.8. The molecule has 86 heavy (non-hydrogen) atoms. The number of anilines is 4. The molecule has 0 N–H and O–H groups in total. The number of rotatable bonds is 13. The summed E-state index contributed by atoms with van der Waals surface area (Å²) in [5, 5.41) is 2.30. The molecule has 0 spiro atoms. The molecule has 11 aromatic rings. The molecular weight excluding hydrogens is 1230 g/mol. The number of benzene rings is 9. The van der Waals surface area contributed by atoms with Crippen molar-refractivity contribution in [3.05, 3.63) is 270 Å². The third-order valence-corrected chi connectivity index (χ3v) is 17.7. The first kappa shape index (κ1) is 59.7. The van der Waals surface area contributed by atoms with Crippen LogP contribution in [0, 0.1) is 18.8 Å². The second-order valence-electron chi connectivity index (χ2n) is 27.0. The summed E-state index contributed by atoms with van der Waals surface area (Å²) in [7, 11) is 0. The Labute approximate surface area is 526 Å². The second kappa shape index (κ2) is 23.0. The first-order valence-corrected chi connectivity index (χ1v) is 30.3. The van der Waals surface area contributed by atoms with Crippen molar-refractivity contribution in [3.8, 4) is 39.6 Å². The van der Waals surface area contributed by atoms with Crippen LogP contribution in [0.25, 0.3) is 49.9 Å². The van der Waals surface area contributed by atoms with Crippen LogP contribution in [-0.2, 0) is 42.7 Å². The molecular formula is C80H79N4OPt-3. The molecule has 0 unspecified atom stereocenters. The van der Waals surface area contributed by atoms with Gasteiger partial charge in [-0.2, -0.15) is 0 Å². The van der Waals surface area contributed by atoms with E-state index < -0.39 is 5.41 Å². The Hall–Kier alpha value is -7.98. The Morgan fingerprint density at radius 1 is 0.465 bits per heavy atom. The first-order chi connectivity index (χ1) is 40.6. The van der Waals surface area contributed by atoms with Gasteiger partial charge in [0.2, 0.25) is 0 Å². The van der Waals surface area contributed by atoms with Crippen LogP contribution in [0.3, 0.4) is 0 Å². The van der Waals surface area contributed by atoms with Gasteiger partial charge in [0, 0.05) is 66.8 Å². The van der Waals surface area contributed by atoms with Crippen LogP contribution in [0.4, 0.5) is 22.7 Å². The molecule has 0 atom stereocenters. The Morgan fingerprint density at radius 3 is 1.67 bits per heavy atom. The molecule has 5 nitrogen and oxygen atoms in total. The zero-order valence-electron chi connectivity index (χ0n) is 52.4. The summed E-state index contributed by atoms with van der Waals surface area (Å²) in [5.74, 6) is 2.71. The van der Waals surface area contributed by atoms with Crippen molar-refractivity contribution in [1.29, 1.82) is 0 Å². The predicted molar refractivity (Wildman–Crippen MR) is 358 cm³/mol. The Morgan fingerprint density at radius 2 is 1.06 bits per heavy atom. The van der Waals surface area contributed by atoms with Gasteiger partial charge in [0.1, 0.15) is 5.82 Å². The van der Waals surface area contributed by atoms with Gasteiger partial charge in [0.15, 0.2) is 0 Å². The fourth-order valence-electron chi connectivity index (χ4n) is 12.6. The minimum absolute atomic E-state index is 0. The fraction of sp³-hybridized carbons (Fsp3) is 0.250. The zero-order valence-corrected chi connectivity index (χ0v) is 54.6. The van der Waals surface area contributed by atoms with Crippen LogP contribution in [0.5, 0.6) is 11.5 Å². The molecule has 2 aromatic heterocycles. The maximum Gasteiger partial charge on any atom is 0.135 e. The molecule has 0 amide bonds. The van der Waals surface area contributed by atoms with E-state index in [1.165, 1.54) is 50.1 Å². The Bertz CT molecular complexity index is 4250. The molecule has 0 aliphatic carbocycles. The van der Waals surface area contributed by atoms with Crippen molar-refractivity contribution < 1.29 is 25.8 Å². The number of para-hydroxylation sites is 1. The molecule has 1 aliphatic rings. The van der Waals surface area contributed by atoms with E-state index in [4.69, 9.17) is 9.72 Å². The van der Waals surface area contributed by atoms with Crippen molar-refractivity contribution in [2.24, 2.45) is 0 Å². The summed E-state index contributed by atoms with van der Waals surface area (Å²) in [6, 6.07) is 81.1. The topological polar surface area (TPSA) is 33.5 Å². The standard InChI is InChI=1S/C80H79N4O.Pt/c1-52(2)66-34-26-35-67(53(3)4)75(66)55-37-38-71-72(43-55)83(62-42-56(54-27-18-15-19-28-54)41-60(44-62)79(11,12)57-29-20-16-21-30-57)51-82(71)63-45-61(80(13,14)58-31-22-17-23-32-58)46-64(48-63)85-65-49-69(78(8,9)10)76-68-33-24-25-36-70(68)84(73(76)50-65)74-47-59(39-40-81-74)77(5,6)7;/h15-47,49,51-53H,1-14H3;/q-3;. The van der Waals surface area contributed by atoms with Gasteiger partial charge in [-0.25, -0.2) is 4.98 Å². The number of pyridine rings is 1. The average Bonchev–Trinajstić information content (AvgIpc) is 1.63. The van der Waals surface area contributed by atoms with Crippen LogP contribution in [0.1, 0.15) is 153 Å². The molecule has 438 valence electrons. The number of ether oxygens (including phenoxy) is 1. The molecule has 0 radical (unpaired) electrons. The van der Waals surface area contributed by atoms with Gasteiger partial charge in [-0.05, 0) is 132 Å². The third kappa shape index (κ3) is 11.1. The molecule has 12 rings (SSSR count). The van der Waals surface area contributed by atoms with Gasteiger partial charge in [0.25, 0.3) is 0 Å². The van der Waals surface area contributed by atoms with Gasteiger partial charge in [-0.15, -0.1) is 53.8 Å². The molecule has 0 saturated heterocycles. The van der Waals surface area contributed by atoms with Gasteiger partial charge in [0.05, 0.1) is 0 Å². The van der Waals surface area contributed by atoms with E-state index in [9.17, 15) is 0 Å². The normalized spacial score (nSPS) is 13.0. The second-order valence-corrected chi connectivity index (χ2v) is 27.0. The molecule has 3 heterocycles. The number of hydrogen-bond acceptors (Lipinski definition) is 4. The molecule has 0 fully saturated rings. The van der Waals surface area contributed by atoms with Gasteiger partial charge in [-0.3, -0.25) is 0 Å². The fourth-order valence-corrected chi connectivity index (χ4v) is 12.6. The summed E-state index contributed by atoms with van der Waals surface area (Å²) in [6.07, 6.45) is 1.94. The third-order valence-electron chi connectivity index (χ3n) is 17.7. The maximum absolute atomic E-state index is 7.37. The largest absolute Gasteiger partial charge is 0.509 e. The van der Waals surface area contributed by atoms with E-state index >= 15 is 0 Å². The van der Waals surface area contributed by atoms with Crippen molar-refractivity contribution in [2.75, 3.05) is 9.80 Å². The van der Waals surface area contributed by atoms with Crippen LogP contribution >= 0.6 is 0 Å². The molecule has 9 aromatic carbocycles. The smallest absolute Gasteiger partial charge is 0.135 e. The van der Waals surface area contributed by atoms with E-state index in [1.54, 1.807) is 0 Å². The van der Waals surface area contributed by atoms with Crippen molar-refractivity contribution >= 4 is 44.6 Å². The van der Waals surface area contributed by atoms with E-state index in [0.717, 1.165) is 67.1 Å². The Balaban J connectivity index is 0.00000768. The van der Waals surface area contributed by atoms with E-state index in [1.807, 2.05) is 6.20 Å². The number of nitrogens with zero attached hydrogens (tertiary/aromatic N) is 4. The van der Waals surface area contributed by atoms with Gasteiger partial charge in [-0.1, -0.05) is 247 Å². The van der Waals surface area contributed by atoms with E-state index in [-0.39, 0.29) is 37.3 Å². The summed E-state index contributed by atoms with van der Waals surface area (Å²) in [4.78, 5) is 9.78. The quantitative estimate of drug-likeness (QED) is 0.108. The SMILES string of the molecule is CC(C)c1cccc(C(C)C)c1-c1ccc2c(c1)N(c1cc(-c3ccccc3)cc(C(C)(C)c3ccccc3)c1)[CH-]N2c1[c-]c(Oc2[c-]c3c(c(C(C)(C)C)c2)c2ccccc2n3-c2cc(C(C)(C)C)ccn2)cc(C(C)(C)c2ccccc2)c1.[Pt].